The maximum atomic E-state index is 5.40. The van der Waals surface area contributed by atoms with Crippen LogP contribution in [0.3, 0.4) is 0 Å². The number of rotatable bonds is 8. The van der Waals surface area contributed by atoms with E-state index in [0.29, 0.717) is 12.6 Å². The first-order chi connectivity index (χ1) is 12.2. The molecule has 1 unspecified atom stereocenters. The molecular weight excluding hydrogens is 332 g/mol. The lowest BCUT2D eigenvalue weighted by Crippen LogP contribution is -2.58. The van der Waals surface area contributed by atoms with E-state index in [4.69, 9.17) is 16.6 Å². The lowest BCUT2D eigenvalue weighted by Gasteiger charge is -2.51. The van der Waals surface area contributed by atoms with Crippen molar-refractivity contribution in [1.82, 2.24) is 20.4 Å². The highest BCUT2D eigenvalue weighted by molar-refractivity contribution is 7.80. The Kier molecular flexibility index (Phi) is 6.73. The summed E-state index contributed by atoms with van der Waals surface area (Å²) in [7, 11) is 0. The molecule has 4 atom stereocenters. The summed E-state index contributed by atoms with van der Waals surface area (Å²) < 4.78 is 5.32. The minimum absolute atomic E-state index is 0.620. The highest BCUT2D eigenvalue weighted by Crippen LogP contribution is 2.36. The molecule has 1 aromatic rings. The maximum absolute atomic E-state index is 5.40. The van der Waals surface area contributed by atoms with Crippen molar-refractivity contribution in [2.24, 2.45) is 11.8 Å². The second-order valence-electron chi connectivity index (χ2n) is 7.32. The van der Waals surface area contributed by atoms with Crippen molar-refractivity contribution in [2.45, 2.75) is 39.3 Å². The minimum atomic E-state index is 0.620. The maximum Gasteiger partial charge on any atom is 0.166 e. The second-order valence-corrected chi connectivity index (χ2v) is 7.73. The van der Waals surface area contributed by atoms with Gasteiger partial charge in [-0.05, 0) is 68.7 Å². The summed E-state index contributed by atoms with van der Waals surface area (Å²) in [6.45, 7) is 12.2. The first kappa shape index (κ1) is 18.7. The van der Waals surface area contributed by atoms with Crippen LogP contribution in [0.2, 0.25) is 0 Å². The van der Waals surface area contributed by atoms with Gasteiger partial charge in [-0.25, -0.2) is 0 Å². The van der Waals surface area contributed by atoms with Crippen LogP contribution in [0.4, 0.5) is 0 Å². The molecule has 3 aliphatic rings. The van der Waals surface area contributed by atoms with Gasteiger partial charge in [0.2, 0.25) is 0 Å². The summed E-state index contributed by atoms with van der Waals surface area (Å²) >= 11 is 5.40. The van der Waals surface area contributed by atoms with Gasteiger partial charge in [0.05, 0.1) is 12.8 Å². The van der Waals surface area contributed by atoms with Gasteiger partial charge in [-0.15, -0.1) is 0 Å². The zero-order chi connectivity index (χ0) is 17.6. The van der Waals surface area contributed by atoms with E-state index < -0.39 is 0 Å². The van der Waals surface area contributed by atoms with Crippen LogP contribution in [0.15, 0.2) is 22.8 Å². The minimum Gasteiger partial charge on any atom is -0.467 e. The summed E-state index contributed by atoms with van der Waals surface area (Å²) in [6, 6.07) is 4.47. The molecule has 3 fully saturated rings. The van der Waals surface area contributed by atoms with Gasteiger partial charge in [-0.2, -0.15) is 0 Å². The van der Waals surface area contributed by atoms with Crippen LogP contribution in [-0.2, 0) is 6.54 Å². The van der Waals surface area contributed by atoms with Crippen molar-refractivity contribution in [2.75, 3.05) is 39.3 Å². The molecule has 2 bridgehead atoms. The molecule has 1 aromatic heterocycles. The van der Waals surface area contributed by atoms with Crippen LogP contribution < -0.4 is 10.6 Å². The molecule has 0 radical (unpaired) electrons. The van der Waals surface area contributed by atoms with Crippen molar-refractivity contribution < 1.29 is 4.42 Å². The number of nitrogens with zero attached hydrogens (tertiary/aromatic N) is 2. The first-order valence-electron chi connectivity index (χ1n) is 9.70. The molecule has 3 saturated heterocycles. The topological polar surface area (TPSA) is 43.7 Å². The number of nitrogens with one attached hydrogen (secondary N) is 2. The number of piperidine rings is 3. The quantitative estimate of drug-likeness (QED) is 0.690. The lowest BCUT2D eigenvalue weighted by atomic mass is 9.75. The molecular formula is C19H32N4OS. The van der Waals surface area contributed by atoms with E-state index in [2.05, 4.69) is 34.3 Å². The van der Waals surface area contributed by atoms with Gasteiger partial charge in [-0.1, -0.05) is 13.8 Å². The Bertz CT molecular complexity index is 532. The van der Waals surface area contributed by atoms with E-state index in [0.717, 1.165) is 29.3 Å². The molecule has 0 aromatic carbocycles. The SMILES string of the molecule is CCN(CC)C[C@H]1CN2CC[C@H]1C[C@@H]2CNC(=S)NCc1ccco1. The average Bonchev–Trinajstić information content (AvgIpc) is 3.17. The highest BCUT2D eigenvalue weighted by Gasteiger charge is 2.40. The first-order valence-corrected chi connectivity index (χ1v) is 10.1. The van der Waals surface area contributed by atoms with Crippen LogP contribution in [0.5, 0.6) is 0 Å². The van der Waals surface area contributed by atoms with E-state index >= 15 is 0 Å². The fourth-order valence-electron chi connectivity index (χ4n) is 4.34. The fraction of sp³-hybridized carbons (Fsp3) is 0.737. The summed E-state index contributed by atoms with van der Waals surface area (Å²) in [4.78, 5) is 5.25. The highest BCUT2D eigenvalue weighted by atomic mass is 32.1. The van der Waals surface area contributed by atoms with Gasteiger partial charge >= 0.3 is 0 Å². The molecule has 25 heavy (non-hydrogen) atoms. The summed E-state index contributed by atoms with van der Waals surface area (Å²) in [5.74, 6) is 2.62. The Hall–Kier alpha value is -1.11. The molecule has 0 saturated carbocycles. The van der Waals surface area contributed by atoms with E-state index in [1.807, 2.05) is 12.1 Å². The molecule has 5 nitrogen and oxygen atoms in total. The number of furan rings is 1. The predicted molar refractivity (Wildman–Crippen MR) is 106 cm³/mol. The summed E-state index contributed by atoms with van der Waals surface area (Å²) in [5, 5.41) is 7.35. The van der Waals surface area contributed by atoms with E-state index in [9.17, 15) is 0 Å². The average molecular weight is 365 g/mol. The Labute approximate surface area is 157 Å². The molecule has 4 rings (SSSR count). The van der Waals surface area contributed by atoms with E-state index in [-0.39, 0.29) is 0 Å². The van der Waals surface area contributed by atoms with Gasteiger partial charge in [0, 0.05) is 25.7 Å². The summed E-state index contributed by atoms with van der Waals surface area (Å²) in [6.07, 6.45) is 4.36. The van der Waals surface area contributed by atoms with Crippen LogP contribution in [0.1, 0.15) is 32.4 Å². The monoisotopic (exact) mass is 364 g/mol. The molecule has 140 valence electrons. The predicted octanol–water partition coefficient (Wildman–Crippen LogP) is 2.30. The largest absolute Gasteiger partial charge is 0.467 e. The Morgan fingerprint density at radius 1 is 1.36 bits per heavy atom. The molecule has 4 heterocycles. The number of fused-ring (bicyclic) bond motifs is 3. The number of thiocarbonyl (C=S) groups is 1. The van der Waals surface area contributed by atoms with Gasteiger partial charge in [0.25, 0.3) is 0 Å². The Morgan fingerprint density at radius 3 is 2.84 bits per heavy atom. The van der Waals surface area contributed by atoms with E-state index in [1.165, 1.54) is 45.6 Å². The van der Waals surface area contributed by atoms with Crippen LogP contribution in [0, 0.1) is 11.8 Å². The molecule has 0 aliphatic carbocycles. The molecule has 0 spiro atoms. The molecule has 2 N–H and O–H groups in total. The molecule has 3 aliphatic heterocycles. The third-order valence-electron chi connectivity index (χ3n) is 5.90. The van der Waals surface area contributed by atoms with Crippen LogP contribution >= 0.6 is 12.2 Å². The second kappa shape index (κ2) is 9.01. The fourth-order valence-corrected chi connectivity index (χ4v) is 4.49. The summed E-state index contributed by atoms with van der Waals surface area (Å²) in [5.41, 5.74) is 0. The number of hydrogen-bond acceptors (Lipinski definition) is 4. The van der Waals surface area contributed by atoms with E-state index in [1.54, 1.807) is 6.26 Å². The van der Waals surface area contributed by atoms with Gasteiger partial charge < -0.3 is 20.0 Å². The molecule has 0 amide bonds. The zero-order valence-electron chi connectivity index (χ0n) is 15.5. The Morgan fingerprint density at radius 2 is 2.20 bits per heavy atom. The van der Waals surface area contributed by atoms with Crippen molar-refractivity contribution in [3.05, 3.63) is 24.2 Å². The van der Waals surface area contributed by atoms with Gasteiger partial charge in [-0.3, -0.25) is 4.90 Å². The van der Waals surface area contributed by atoms with Crippen molar-refractivity contribution in [1.29, 1.82) is 0 Å². The standard InChI is InChI=1S/C19H32N4OS/c1-3-22(4-2)13-16-14-23-8-7-15(16)10-17(23)11-20-19(25)21-12-18-6-5-9-24-18/h5-6,9,15-17H,3-4,7-8,10-14H2,1-2H3,(H2,20,21,25)/t15-,16-,17+/m0/s1. The van der Waals surface area contributed by atoms with Crippen LogP contribution in [0.25, 0.3) is 0 Å². The number of hydrogen-bond donors (Lipinski definition) is 2. The van der Waals surface area contributed by atoms with Crippen molar-refractivity contribution in [3.63, 3.8) is 0 Å². The van der Waals surface area contributed by atoms with Gasteiger partial charge in [0.15, 0.2) is 5.11 Å². The smallest absolute Gasteiger partial charge is 0.166 e. The van der Waals surface area contributed by atoms with Crippen molar-refractivity contribution in [3.8, 4) is 0 Å². The zero-order valence-corrected chi connectivity index (χ0v) is 16.4. The third kappa shape index (κ3) is 4.96. The van der Waals surface area contributed by atoms with Gasteiger partial charge in [0.1, 0.15) is 5.76 Å². The normalized spacial score (nSPS) is 28.3. The third-order valence-corrected chi connectivity index (χ3v) is 6.19. The van der Waals surface area contributed by atoms with Crippen molar-refractivity contribution >= 4 is 17.3 Å². The Balaban J connectivity index is 1.40. The van der Waals surface area contributed by atoms with Crippen LogP contribution in [-0.4, -0.2) is 60.2 Å². The molecule has 6 heteroatoms. The lowest BCUT2D eigenvalue weighted by molar-refractivity contribution is -0.00939.